The largest absolute Gasteiger partial charge is 0.493 e. The van der Waals surface area contributed by atoms with Crippen molar-refractivity contribution in [3.05, 3.63) is 77.9 Å². The van der Waals surface area contributed by atoms with Gasteiger partial charge in [-0.25, -0.2) is 0 Å². The third kappa shape index (κ3) is 4.08. The molecule has 4 rings (SSSR count). The van der Waals surface area contributed by atoms with Crippen molar-refractivity contribution in [2.24, 2.45) is 0 Å². The summed E-state index contributed by atoms with van der Waals surface area (Å²) in [6.07, 6.45) is 0. The molecule has 5 heteroatoms. The molecule has 0 fully saturated rings. The minimum atomic E-state index is 0.278. The molecule has 1 N–H and O–H groups in total. The summed E-state index contributed by atoms with van der Waals surface area (Å²) in [5.41, 5.74) is 3.19. The molecule has 1 aliphatic heterocycles. The van der Waals surface area contributed by atoms with Crippen LogP contribution in [0, 0.1) is 0 Å². The fraction of sp³-hybridized carbons (Fsp3) is 0.182. The predicted octanol–water partition coefficient (Wildman–Crippen LogP) is 4.62. The average molecular weight is 363 g/mol. The fourth-order valence-electron chi connectivity index (χ4n) is 2.89. The van der Waals surface area contributed by atoms with Gasteiger partial charge in [-0.05, 0) is 35.4 Å². The first kappa shape index (κ1) is 17.1. The maximum Gasteiger partial charge on any atom is 0.231 e. The first-order valence-corrected chi connectivity index (χ1v) is 8.79. The summed E-state index contributed by atoms with van der Waals surface area (Å²) >= 11 is 0. The van der Waals surface area contributed by atoms with Gasteiger partial charge in [0.2, 0.25) is 6.79 Å². The van der Waals surface area contributed by atoms with Gasteiger partial charge in [0.05, 0.1) is 7.11 Å². The third-order valence-electron chi connectivity index (χ3n) is 4.33. The van der Waals surface area contributed by atoms with Crippen LogP contribution in [0.3, 0.4) is 0 Å². The van der Waals surface area contributed by atoms with Crippen LogP contribution in [0.25, 0.3) is 0 Å². The van der Waals surface area contributed by atoms with Crippen LogP contribution in [0.4, 0.5) is 5.69 Å². The van der Waals surface area contributed by atoms with E-state index in [2.05, 4.69) is 5.32 Å². The summed E-state index contributed by atoms with van der Waals surface area (Å²) in [7, 11) is 1.65. The Balaban J connectivity index is 1.40. The van der Waals surface area contributed by atoms with Gasteiger partial charge >= 0.3 is 0 Å². The summed E-state index contributed by atoms with van der Waals surface area (Å²) in [5, 5.41) is 3.39. The van der Waals surface area contributed by atoms with E-state index in [1.165, 1.54) is 0 Å². The molecular formula is C22H21NO4. The van der Waals surface area contributed by atoms with Crippen LogP contribution in [0.5, 0.6) is 23.0 Å². The topological polar surface area (TPSA) is 49.0 Å². The van der Waals surface area contributed by atoms with Gasteiger partial charge in [-0.2, -0.15) is 0 Å². The van der Waals surface area contributed by atoms with Crippen molar-refractivity contribution in [2.45, 2.75) is 13.2 Å². The van der Waals surface area contributed by atoms with E-state index in [1.807, 2.05) is 66.7 Å². The molecule has 0 saturated heterocycles. The van der Waals surface area contributed by atoms with Crippen molar-refractivity contribution in [1.82, 2.24) is 0 Å². The number of hydrogen-bond donors (Lipinski definition) is 1. The van der Waals surface area contributed by atoms with Crippen molar-refractivity contribution in [2.75, 3.05) is 19.2 Å². The number of fused-ring (bicyclic) bond motifs is 1. The molecule has 0 amide bonds. The number of hydrogen-bond acceptors (Lipinski definition) is 5. The number of methoxy groups -OCH3 is 1. The maximum absolute atomic E-state index is 5.91. The molecule has 0 saturated carbocycles. The van der Waals surface area contributed by atoms with Gasteiger partial charge in [0.1, 0.15) is 6.61 Å². The minimum absolute atomic E-state index is 0.278. The van der Waals surface area contributed by atoms with E-state index in [0.29, 0.717) is 13.2 Å². The molecule has 5 nitrogen and oxygen atoms in total. The van der Waals surface area contributed by atoms with Gasteiger partial charge in [0.25, 0.3) is 0 Å². The molecule has 3 aromatic rings. The highest BCUT2D eigenvalue weighted by molar-refractivity contribution is 5.56. The van der Waals surface area contributed by atoms with Gasteiger partial charge in [-0.15, -0.1) is 0 Å². The van der Waals surface area contributed by atoms with Crippen LogP contribution in [0.15, 0.2) is 66.7 Å². The molecule has 0 spiro atoms. The molecule has 138 valence electrons. The molecule has 27 heavy (non-hydrogen) atoms. The summed E-state index contributed by atoms with van der Waals surface area (Å²) in [5.74, 6) is 2.99. The Kier molecular flexibility index (Phi) is 5.01. The Morgan fingerprint density at radius 3 is 2.56 bits per heavy atom. The quantitative estimate of drug-likeness (QED) is 0.664. The van der Waals surface area contributed by atoms with E-state index in [1.54, 1.807) is 7.11 Å². The van der Waals surface area contributed by atoms with E-state index in [4.69, 9.17) is 18.9 Å². The van der Waals surface area contributed by atoms with Crippen molar-refractivity contribution >= 4 is 5.69 Å². The molecule has 0 unspecified atom stereocenters. The highest BCUT2D eigenvalue weighted by Gasteiger charge is 2.13. The highest BCUT2D eigenvalue weighted by atomic mass is 16.7. The lowest BCUT2D eigenvalue weighted by Gasteiger charge is -2.13. The molecule has 0 atom stereocenters. The van der Waals surface area contributed by atoms with Crippen LogP contribution in [-0.4, -0.2) is 13.9 Å². The number of rotatable bonds is 7. The Morgan fingerprint density at radius 2 is 1.70 bits per heavy atom. The fourth-order valence-corrected chi connectivity index (χ4v) is 2.89. The van der Waals surface area contributed by atoms with Gasteiger partial charge in [-0.1, -0.05) is 36.4 Å². The average Bonchev–Trinajstić information content (AvgIpc) is 3.19. The second-order valence-electron chi connectivity index (χ2n) is 6.18. The highest BCUT2D eigenvalue weighted by Crippen LogP contribution is 2.34. The van der Waals surface area contributed by atoms with E-state index < -0.39 is 0 Å². The number of nitrogens with one attached hydrogen (secondary N) is 1. The number of ether oxygens (including phenoxy) is 4. The monoisotopic (exact) mass is 363 g/mol. The first-order chi connectivity index (χ1) is 13.3. The van der Waals surface area contributed by atoms with Gasteiger partial charge in [0.15, 0.2) is 23.0 Å². The minimum Gasteiger partial charge on any atom is -0.493 e. The summed E-state index contributed by atoms with van der Waals surface area (Å²) in [6.45, 7) is 1.45. The molecule has 1 aliphatic rings. The van der Waals surface area contributed by atoms with Crippen molar-refractivity contribution in [1.29, 1.82) is 0 Å². The van der Waals surface area contributed by atoms with Crippen LogP contribution in [0.1, 0.15) is 11.1 Å². The lowest BCUT2D eigenvalue weighted by molar-refractivity contribution is 0.174. The molecular weight excluding hydrogens is 342 g/mol. The molecule has 3 aromatic carbocycles. The number of anilines is 1. The second kappa shape index (κ2) is 7.91. The second-order valence-corrected chi connectivity index (χ2v) is 6.18. The normalized spacial score (nSPS) is 11.9. The van der Waals surface area contributed by atoms with E-state index in [9.17, 15) is 0 Å². The van der Waals surface area contributed by atoms with E-state index in [-0.39, 0.29) is 6.79 Å². The van der Waals surface area contributed by atoms with Crippen LogP contribution in [-0.2, 0) is 13.2 Å². The SMILES string of the molecule is COc1cc(CNc2ccc3c(c2)OCO3)ccc1OCc1ccccc1. The Hall–Kier alpha value is -3.34. The first-order valence-electron chi connectivity index (χ1n) is 8.79. The number of benzene rings is 3. The zero-order valence-corrected chi connectivity index (χ0v) is 15.1. The molecule has 0 aromatic heterocycles. The zero-order chi connectivity index (χ0) is 18.5. The van der Waals surface area contributed by atoms with Gasteiger partial charge in [0, 0.05) is 18.3 Å². The Labute approximate surface area is 158 Å². The molecule has 0 radical (unpaired) electrons. The Bertz CT molecular complexity index is 911. The molecule has 0 aliphatic carbocycles. The lowest BCUT2D eigenvalue weighted by atomic mass is 10.2. The van der Waals surface area contributed by atoms with Crippen molar-refractivity contribution < 1.29 is 18.9 Å². The predicted molar refractivity (Wildman–Crippen MR) is 104 cm³/mol. The summed E-state index contributed by atoms with van der Waals surface area (Å²) in [4.78, 5) is 0. The summed E-state index contributed by atoms with van der Waals surface area (Å²) < 4.78 is 22.1. The van der Waals surface area contributed by atoms with Crippen LogP contribution in [0.2, 0.25) is 0 Å². The maximum atomic E-state index is 5.91. The van der Waals surface area contributed by atoms with Crippen molar-refractivity contribution in [3.8, 4) is 23.0 Å². The smallest absolute Gasteiger partial charge is 0.231 e. The van der Waals surface area contributed by atoms with Crippen molar-refractivity contribution in [3.63, 3.8) is 0 Å². The molecule has 1 heterocycles. The van der Waals surface area contributed by atoms with Crippen LogP contribution < -0.4 is 24.3 Å². The van der Waals surface area contributed by atoms with Gasteiger partial charge < -0.3 is 24.3 Å². The third-order valence-corrected chi connectivity index (χ3v) is 4.33. The molecule has 0 bridgehead atoms. The lowest BCUT2D eigenvalue weighted by Crippen LogP contribution is -2.02. The van der Waals surface area contributed by atoms with E-state index >= 15 is 0 Å². The zero-order valence-electron chi connectivity index (χ0n) is 15.1. The van der Waals surface area contributed by atoms with E-state index in [0.717, 1.165) is 39.8 Å². The van der Waals surface area contributed by atoms with Gasteiger partial charge in [-0.3, -0.25) is 0 Å². The Morgan fingerprint density at radius 1 is 0.852 bits per heavy atom. The summed E-state index contributed by atoms with van der Waals surface area (Å²) in [6, 6.07) is 21.9. The van der Waals surface area contributed by atoms with Crippen LogP contribution >= 0.6 is 0 Å². The standard InChI is InChI=1S/C22H21NO4/c1-24-21-11-17(7-9-19(21)25-14-16-5-3-2-4-6-16)13-23-18-8-10-20-22(12-18)27-15-26-20/h2-12,23H,13-15H2,1H3.